The van der Waals surface area contributed by atoms with Gasteiger partial charge in [-0.1, -0.05) is 34.1 Å². The number of amides is 2. The molecule has 0 radical (unpaired) electrons. The summed E-state index contributed by atoms with van der Waals surface area (Å²) in [6, 6.07) is -0.228. The molecule has 10 heteroatoms. The number of aromatic nitrogens is 1. The van der Waals surface area contributed by atoms with Crippen molar-refractivity contribution in [2.45, 2.75) is 105 Å². The summed E-state index contributed by atoms with van der Waals surface area (Å²) in [5.74, 6) is -1.67. The van der Waals surface area contributed by atoms with Gasteiger partial charge in [0.2, 0.25) is 11.8 Å². The number of hydrogen-bond acceptors (Lipinski definition) is 5. The van der Waals surface area contributed by atoms with Gasteiger partial charge in [-0.05, 0) is 67.4 Å². The predicted octanol–water partition coefficient (Wildman–Crippen LogP) is 4.05. The van der Waals surface area contributed by atoms with Crippen molar-refractivity contribution in [3.05, 3.63) is 56.7 Å². The number of H-pyrrole nitrogens is 1. The Morgan fingerprint density at radius 1 is 0.953 bits per heavy atom. The Balaban J connectivity index is 1.67. The third kappa shape index (κ3) is 6.73. The second-order valence-electron chi connectivity index (χ2n) is 12.3. The Hall–Kier alpha value is -3.82. The third-order valence-corrected chi connectivity index (χ3v) is 9.79. The zero-order chi connectivity index (χ0) is 31.6. The minimum atomic E-state index is -0.875. The molecule has 0 aromatic carbocycles. The van der Waals surface area contributed by atoms with Gasteiger partial charge in [0.25, 0.3) is 0 Å². The Morgan fingerprint density at radius 2 is 1.63 bits per heavy atom. The summed E-state index contributed by atoms with van der Waals surface area (Å²) in [6.07, 6.45) is 5.39. The van der Waals surface area contributed by atoms with Crippen molar-refractivity contribution < 1.29 is 29.4 Å². The van der Waals surface area contributed by atoms with E-state index in [1.54, 1.807) is 0 Å². The summed E-state index contributed by atoms with van der Waals surface area (Å²) in [7, 11) is 0. The van der Waals surface area contributed by atoms with Crippen LogP contribution in [0.1, 0.15) is 89.2 Å². The lowest BCUT2D eigenvalue weighted by atomic mass is 9.87. The van der Waals surface area contributed by atoms with Gasteiger partial charge in [0.1, 0.15) is 0 Å². The van der Waals surface area contributed by atoms with Gasteiger partial charge < -0.3 is 31.1 Å². The standard InChI is InChI=1S/C33H46N4O6/c1-7-20-19(6)32(42)37-27(20)14-25-18(5)23(10-12-31(40)41)29(35-25)15-28-22(9-11-30(38)39)17(4)24(34-28)13-26-16(3)21(8-2)33(43)36-26/h14,18-20,26-27,34-35H,7-13,15H2,1-6H3,(H,36,43)(H,37,42)(H,38,39)(H,40,41)/b25-14+/t18?,19-,20-,26?,27?/m1/s1. The Labute approximate surface area is 253 Å². The SMILES string of the molecule is CCC1=C(C)C(Cc2[nH]c(CC3=C(CCC(=O)O)C(C)/C(=C\C4NC(=O)[C@H](C)[C@H]4CC)N3)c(CCC(=O)O)c2C)NC1=O. The van der Waals surface area contributed by atoms with E-state index in [1.165, 1.54) is 0 Å². The highest BCUT2D eigenvalue weighted by molar-refractivity contribution is 5.97. The van der Waals surface area contributed by atoms with Gasteiger partial charge in [-0.15, -0.1) is 0 Å². The quantitative estimate of drug-likeness (QED) is 0.201. The molecule has 0 aliphatic carbocycles. The van der Waals surface area contributed by atoms with Crippen LogP contribution in [0.4, 0.5) is 0 Å². The first-order valence-corrected chi connectivity index (χ1v) is 15.5. The number of aliphatic carboxylic acids is 2. The van der Waals surface area contributed by atoms with Crippen LogP contribution in [-0.4, -0.2) is 51.0 Å². The minimum Gasteiger partial charge on any atom is -0.481 e. The van der Waals surface area contributed by atoms with E-state index >= 15 is 0 Å². The zero-order valence-electron chi connectivity index (χ0n) is 26.1. The molecule has 1 fully saturated rings. The monoisotopic (exact) mass is 594 g/mol. The van der Waals surface area contributed by atoms with E-state index in [9.17, 15) is 29.4 Å². The van der Waals surface area contributed by atoms with Crippen molar-refractivity contribution in [2.75, 3.05) is 0 Å². The smallest absolute Gasteiger partial charge is 0.303 e. The predicted molar refractivity (Wildman–Crippen MR) is 163 cm³/mol. The van der Waals surface area contributed by atoms with Gasteiger partial charge in [-0.3, -0.25) is 19.2 Å². The molecule has 1 aromatic rings. The second kappa shape index (κ2) is 13.2. The van der Waals surface area contributed by atoms with E-state index in [0.717, 1.165) is 57.0 Å². The molecule has 10 nitrogen and oxygen atoms in total. The number of carbonyl (C=O) groups excluding carboxylic acids is 2. The summed E-state index contributed by atoms with van der Waals surface area (Å²) in [5.41, 5.74) is 8.51. The zero-order valence-corrected chi connectivity index (χ0v) is 26.1. The summed E-state index contributed by atoms with van der Waals surface area (Å²) in [5, 5.41) is 28.7. The number of rotatable bonds is 13. The molecule has 4 rings (SSSR count). The van der Waals surface area contributed by atoms with Crippen molar-refractivity contribution in [1.82, 2.24) is 20.9 Å². The molecule has 6 N–H and O–H groups in total. The van der Waals surface area contributed by atoms with Gasteiger partial charge in [0, 0.05) is 65.9 Å². The average molecular weight is 595 g/mol. The average Bonchev–Trinajstić information content (AvgIpc) is 3.59. The highest BCUT2D eigenvalue weighted by atomic mass is 16.4. The van der Waals surface area contributed by atoms with Crippen LogP contribution in [0.15, 0.2) is 34.2 Å². The largest absolute Gasteiger partial charge is 0.481 e. The van der Waals surface area contributed by atoms with E-state index in [1.807, 2.05) is 27.7 Å². The minimum absolute atomic E-state index is 0.000539. The van der Waals surface area contributed by atoms with Crippen LogP contribution >= 0.6 is 0 Å². The number of nitrogens with one attached hydrogen (secondary N) is 4. The van der Waals surface area contributed by atoms with E-state index in [2.05, 4.69) is 40.9 Å². The molecule has 3 unspecified atom stereocenters. The third-order valence-electron chi connectivity index (χ3n) is 9.79. The lowest BCUT2D eigenvalue weighted by molar-refractivity contribution is -0.138. The van der Waals surface area contributed by atoms with Gasteiger partial charge in [-0.2, -0.15) is 0 Å². The van der Waals surface area contributed by atoms with Crippen molar-refractivity contribution in [3.63, 3.8) is 0 Å². The molecule has 2 amide bonds. The fraction of sp³-hybridized carbons (Fsp3) is 0.576. The Kier molecular flexibility index (Phi) is 9.87. The van der Waals surface area contributed by atoms with E-state index in [0.29, 0.717) is 32.1 Å². The van der Waals surface area contributed by atoms with Gasteiger partial charge in [0.15, 0.2) is 0 Å². The highest BCUT2D eigenvalue weighted by Crippen LogP contribution is 2.37. The molecule has 5 atom stereocenters. The molecule has 234 valence electrons. The summed E-state index contributed by atoms with van der Waals surface area (Å²) >= 11 is 0. The maximum atomic E-state index is 12.5. The molecular weight excluding hydrogens is 548 g/mol. The molecule has 43 heavy (non-hydrogen) atoms. The van der Waals surface area contributed by atoms with Crippen LogP contribution < -0.4 is 16.0 Å². The van der Waals surface area contributed by atoms with E-state index in [-0.39, 0.29) is 54.5 Å². The van der Waals surface area contributed by atoms with E-state index < -0.39 is 11.9 Å². The Bertz CT molecular complexity index is 1400. The van der Waals surface area contributed by atoms with Gasteiger partial charge >= 0.3 is 11.9 Å². The van der Waals surface area contributed by atoms with Crippen molar-refractivity contribution in [2.24, 2.45) is 17.8 Å². The van der Waals surface area contributed by atoms with Crippen LogP contribution in [0.5, 0.6) is 0 Å². The molecule has 3 aliphatic heterocycles. The maximum Gasteiger partial charge on any atom is 0.303 e. The molecular formula is C33H46N4O6. The number of hydrogen-bond donors (Lipinski definition) is 6. The van der Waals surface area contributed by atoms with Crippen LogP contribution in [0.3, 0.4) is 0 Å². The molecule has 0 saturated carbocycles. The number of carboxylic acid groups (broad SMARTS) is 2. The van der Waals surface area contributed by atoms with Crippen LogP contribution in [0, 0.1) is 24.7 Å². The molecule has 0 spiro atoms. The van der Waals surface area contributed by atoms with E-state index in [4.69, 9.17) is 0 Å². The topological polar surface area (TPSA) is 161 Å². The van der Waals surface area contributed by atoms with Crippen LogP contribution in [0.2, 0.25) is 0 Å². The van der Waals surface area contributed by atoms with Gasteiger partial charge in [-0.25, -0.2) is 0 Å². The molecule has 3 aliphatic rings. The van der Waals surface area contributed by atoms with Crippen LogP contribution in [0.25, 0.3) is 0 Å². The summed E-state index contributed by atoms with van der Waals surface area (Å²) in [6.45, 7) is 12.1. The fourth-order valence-electron chi connectivity index (χ4n) is 7.09. The number of carboxylic acids is 2. The lowest BCUT2D eigenvalue weighted by Crippen LogP contribution is -2.30. The number of allylic oxidation sites excluding steroid dienone is 2. The normalized spacial score (nSPS) is 26.4. The first-order chi connectivity index (χ1) is 20.4. The molecule has 0 bridgehead atoms. The number of aromatic amines is 1. The lowest BCUT2D eigenvalue weighted by Gasteiger charge is -2.18. The first kappa shape index (κ1) is 32.1. The van der Waals surface area contributed by atoms with Crippen LogP contribution in [-0.2, 0) is 38.4 Å². The Morgan fingerprint density at radius 3 is 2.23 bits per heavy atom. The van der Waals surface area contributed by atoms with Gasteiger partial charge in [0.05, 0.1) is 12.1 Å². The maximum absolute atomic E-state index is 12.5. The first-order valence-electron chi connectivity index (χ1n) is 15.5. The fourth-order valence-corrected chi connectivity index (χ4v) is 7.09. The molecule has 1 saturated heterocycles. The summed E-state index contributed by atoms with van der Waals surface area (Å²) < 4.78 is 0. The van der Waals surface area contributed by atoms with Crippen molar-refractivity contribution in [3.8, 4) is 0 Å². The molecule has 1 aromatic heterocycles. The van der Waals surface area contributed by atoms with Crippen molar-refractivity contribution in [1.29, 1.82) is 0 Å². The number of carbonyl (C=O) groups is 4. The highest BCUT2D eigenvalue weighted by Gasteiger charge is 2.38. The second-order valence-corrected chi connectivity index (χ2v) is 12.3. The van der Waals surface area contributed by atoms with Crippen molar-refractivity contribution >= 4 is 23.8 Å². The molecule has 4 heterocycles. The summed E-state index contributed by atoms with van der Waals surface area (Å²) in [4.78, 5) is 51.6.